The zero-order chi connectivity index (χ0) is 14.5. The van der Waals surface area contributed by atoms with Crippen molar-refractivity contribution in [2.45, 2.75) is 13.2 Å². The monoisotopic (exact) mass is 357 g/mol. The number of rotatable bonds is 5. The Kier molecular flexibility index (Phi) is 5.40. The minimum atomic E-state index is -0.318. The van der Waals surface area contributed by atoms with Crippen LogP contribution in [0.1, 0.15) is 11.1 Å². The predicted molar refractivity (Wildman–Crippen MR) is 82.6 cm³/mol. The van der Waals surface area contributed by atoms with Gasteiger partial charge in [-0.3, -0.25) is 0 Å². The normalized spacial score (nSPS) is 10.6. The molecule has 0 radical (unpaired) electrons. The van der Waals surface area contributed by atoms with Gasteiger partial charge in [-0.25, -0.2) is 4.39 Å². The van der Waals surface area contributed by atoms with Gasteiger partial charge in [-0.1, -0.05) is 27.5 Å². The third kappa shape index (κ3) is 3.95. The summed E-state index contributed by atoms with van der Waals surface area (Å²) in [6.07, 6.45) is 0. The Morgan fingerprint density at radius 1 is 1.20 bits per heavy atom. The molecule has 1 N–H and O–H groups in total. The fourth-order valence-corrected chi connectivity index (χ4v) is 2.43. The third-order valence-electron chi connectivity index (χ3n) is 2.78. The Morgan fingerprint density at radius 3 is 2.75 bits per heavy atom. The fourth-order valence-electron chi connectivity index (χ4n) is 1.83. The van der Waals surface area contributed by atoms with Crippen LogP contribution in [0.3, 0.4) is 0 Å². The van der Waals surface area contributed by atoms with Gasteiger partial charge in [0.2, 0.25) is 0 Å². The Labute approximate surface area is 131 Å². The minimum absolute atomic E-state index is 0.144. The summed E-state index contributed by atoms with van der Waals surface area (Å²) >= 11 is 9.28. The number of benzene rings is 2. The van der Waals surface area contributed by atoms with E-state index in [-0.39, 0.29) is 12.4 Å². The summed E-state index contributed by atoms with van der Waals surface area (Å²) in [5.74, 6) is 0.406. The van der Waals surface area contributed by atoms with E-state index >= 15 is 0 Å². The van der Waals surface area contributed by atoms with Crippen LogP contribution in [0.25, 0.3) is 0 Å². The molecular weight excluding hydrogens is 345 g/mol. The SMILES string of the molecule is CNCc1cc(Br)ccc1OCc1cc(Cl)ccc1F. The molecule has 0 unspecified atom stereocenters. The van der Waals surface area contributed by atoms with E-state index in [4.69, 9.17) is 16.3 Å². The van der Waals surface area contributed by atoms with Gasteiger partial charge in [-0.15, -0.1) is 0 Å². The predicted octanol–water partition coefficient (Wildman–Crippen LogP) is 4.54. The molecule has 2 aromatic rings. The average Bonchev–Trinajstić information content (AvgIpc) is 2.42. The highest BCUT2D eigenvalue weighted by Crippen LogP contribution is 2.25. The first-order valence-electron chi connectivity index (χ1n) is 6.10. The second kappa shape index (κ2) is 7.07. The van der Waals surface area contributed by atoms with Crippen LogP contribution in [0.15, 0.2) is 40.9 Å². The molecule has 20 heavy (non-hydrogen) atoms. The van der Waals surface area contributed by atoms with Crippen LogP contribution in [-0.4, -0.2) is 7.05 Å². The van der Waals surface area contributed by atoms with E-state index < -0.39 is 0 Å². The summed E-state index contributed by atoms with van der Waals surface area (Å²) in [6.45, 7) is 0.817. The lowest BCUT2D eigenvalue weighted by molar-refractivity contribution is 0.296. The van der Waals surface area contributed by atoms with E-state index in [1.165, 1.54) is 12.1 Å². The van der Waals surface area contributed by atoms with Gasteiger partial charge in [0.05, 0.1) is 0 Å². The van der Waals surface area contributed by atoms with Crippen LogP contribution < -0.4 is 10.1 Å². The number of nitrogens with one attached hydrogen (secondary N) is 1. The lowest BCUT2D eigenvalue weighted by Gasteiger charge is -2.12. The quantitative estimate of drug-likeness (QED) is 0.847. The zero-order valence-electron chi connectivity index (χ0n) is 10.9. The van der Waals surface area contributed by atoms with Gasteiger partial charge in [-0.2, -0.15) is 0 Å². The molecule has 2 aromatic carbocycles. The molecule has 0 amide bonds. The van der Waals surface area contributed by atoms with Crippen molar-refractivity contribution in [3.05, 3.63) is 62.8 Å². The molecule has 5 heteroatoms. The maximum atomic E-state index is 13.6. The molecule has 0 heterocycles. The van der Waals surface area contributed by atoms with E-state index in [0.717, 1.165) is 15.8 Å². The highest BCUT2D eigenvalue weighted by Gasteiger charge is 2.07. The van der Waals surface area contributed by atoms with Crippen molar-refractivity contribution in [3.63, 3.8) is 0 Å². The highest BCUT2D eigenvalue weighted by atomic mass is 79.9. The largest absolute Gasteiger partial charge is 0.488 e. The third-order valence-corrected chi connectivity index (χ3v) is 3.51. The molecule has 0 aromatic heterocycles. The fraction of sp³-hybridized carbons (Fsp3) is 0.200. The summed E-state index contributed by atoms with van der Waals surface area (Å²) in [7, 11) is 1.86. The van der Waals surface area contributed by atoms with Gasteiger partial charge < -0.3 is 10.1 Å². The van der Waals surface area contributed by atoms with Crippen LogP contribution in [0.4, 0.5) is 4.39 Å². The van der Waals surface area contributed by atoms with Crippen molar-refractivity contribution in [2.75, 3.05) is 7.05 Å². The summed E-state index contributed by atoms with van der Waals surface area (Å²) < 4.78 is 20.3. The van der Waals surface area contributed by atoms with Gasteiger partial charge in [0.25, 0.3) is 0 Å². The van der Waals surface area contributed by atoms with Crippen molar-refractivity contribution >= 4 is 27.5 Å². The molecule has 0 bridgehead atoms. The standard InChI is InChI=1S/C15H14BrClFNO/c1-19-8-10-6-12(16)2-5-15(10)20-9-11-7-13(17)3-4-14(11)18/h2-7,19H,8-9H2,1H3. The molecule has 0 aliphatic carbocycles. The number of halogens is 3. The topological polar surface area (TPSA) is 21.3 Å². The lowest BCUT2D eigenvalue weighted by atomic mass is 10.2. The van der Waals surface area contributed by atoms with E-state index in [2.05, 4.69) is 21.2 Å². The van der Waals surface area contributed by atoms with E-state index in [9.17, 15) is 4.39 Å². The van der Waals surface area contributed by atoms with Crippen molar-refractivity contribution in [2.24, 2.45) is 0 Å². The molecule has 106 valence electrons. The minimum Gasteiger partial charge on any atom is -0.488 e. The van der Waals surface area contributed by atoms with E-state index in [1.54, 1.807) is 6.07 Å². The van der Waals surface area contributed by atoms with Gasteiger partial charge in [0.1, 0.15) is 18.2 Å². The molecule has 0 spiro atoms. The molecule has 0 atom stereocenters. The van der Waals surface area contributed by atoms with Crippen LogP contribution in [-0.2, 0) is 13.2 Å². The van der Waals surface area contributed by atoms with Crippen molar-refractivity contribution < 1.29 is 9.13 Å². The first-order chi connectivity index (χ1) is 9.60. The smallest absolute Gasteiger partial charge is 0.129 e. The average molecular weight is 359 g/mol. The Balaban J connectivity index is 2.16. The molecule has 0 saturated carbocycles. The highest BCUT2D eigenvalue weighted by molar-refractivity contribution is 9.10. The summed E-state index contributed by atoms with van der Waals surface area (Å²) in [5, 5.41) is 3.57. The van der Waals surface area contributed by atoms with Gasteiger partial charge in [-0.05, 0) is 43.4 Å². The molecule has 2 nitrogen and oxygen atoms in total. The molecule has 0 saturated heterocycles. The van der Waals surface area contributed by atoms with E-state index in [1.807, 2.05) is 25.2 Å². The first-order valence-corrected chi connectivity index (χ1v) is 7.27. The Bertz CT molecular complexity index is 606. The van der Waals surface area contributed by atoms with Crippen molar-refractivity contribution in [1.29, 1.82) is 0 Å². The van der Waals surface area contributed by atoms with Crippen LogP contribution in [0.5, 0.6) is 5.75 Å². The van der Waals surface area contributed by atoms with E-state index in [0.29, 0.717) is 17.1 Å². The molecule has 0 aliphatic rings. The zero-order valence-corrected chi connectivity index (χ0v) is 13.3. The second-order valence-electron chi connectivity index (χ2n) is 4.31. The first kappa shape index (κ1) is 15.3. The van der Waals surface area contributed by atoms with Crippen molar-refractivity contribution in [3.8, 4) is 5.75 Å². The summed E-state index contributed by atoms with van der Waals surface area (Å²) in [4.78, 5) is 0. The maximum Gasteiger partial charge on any atom is 0.129 e. The molecular formula is C15H14BrClFNO. The summed E-state index contributed by atoms with van der Waals surface area (Å²) in [6, 6.07) is 10.2. The summed E-state index contributed by atoms with van der Waals surface area (Å²) in [5.41, 5.74) is 1.44. The molecule has 0 aliphatic heterocycles. The second-order valence-corrected chi connectivity index (χ2v) is 5.66. The Hall–Kier alpha value is -1.10. The Morgan fingerprint density at radius 2 is 2.00 bits per heavy atom. The lowest BCUT2D eigenvalue weighted by Crippen LogP contribution is -2.08. The van der Waals surface area contributed by atoms with Crippen molar-refractivity contribution in [1.82, 2.24) is 5.32 Å². The number of ether oxygens (including phenoxy) is 1. The van der Waals surface area contributed by atoms with Gasteiger partial charge in [0.15, 0.2) is 0 Å². The number of hydrogen-bond donors (Lipinski definition) is 1. The van der Waals surface area contributed by atoms with Crippen LogP contribution in [0.2, 0.25) is 5.02 Å². The molecule has 2 rings (SSSR count). The maximum absolute atomic E-state index is 13.6. The van der Waals surface area contributed by atoms with Gasteiger partial charge >= 0.3 is 0 Å². The van der Waals surface area contributed by atoms with Crippen LogP contribution in [0, 0.1) is 5.82 Å². The molecule has 0 fully saturated rings. The van der Waals surface area contributed by atoms with Crippen LogP contribution >= 0.6 is 27.5 Å². The number of hydrogen-bond acceptors (Lipinski definition) is 2. The van der Waals surface area contributed by atoms with Gasteiger partial charge in [0, 0.05) is 27.2 Å².